The first-order valence-corrected chi connectivity index (χ1v) is 8.66. The van der Waals surface area contributed by atoms with Gasteiger partial charge >= 0.3 is 6.03 Å². The third-order valence-corrected chi connectivity index (χ3v) is 4.60. The number of anilines is 1. The van der Waals surface area contributed by atoms with Crippen molar-refractivity contribution in [1.82, 2.24) is 9.80 Å². The molecule has 130 valence electrons. The number of urea groups is 1. The van der Waals surface area contributed by atoms with E-state index in [4.69, 9.17) is 4.74 Å². The van der Waals surface area contributed by atoms with Crippen LogP contribution in [-0.4, -0.2) is 61.1 Å². The topological polar surface area (TPSA) is 61.9 Å². The van der Waals surface area contributed by atoms with Crippen LogP contribution in [0.3, 0.4) is 0 Å². The molecule has 6 heteroatoms. The normalized spacial score (nSPS) is 21.5. The first-order valence-electron chi connectivity index (χ1n) is 8.66. The molecule has 2 heterocycles. The summed E-state index contributed by atoms with van der Waals surface area (Å²) in [6.45, 7) is 6.13. The van der Waals surface area contributed by atoms with Crippen LogP contribution in [0.2, 0.25) is 0 Å². The summed E-state index contributed by atoms with van der Waals surface area (Å²) in [4.78, 5) is 28.6. The van der Waals surface area contributed by atoms with Crippen LogP contribution >= 0.6 is 0 Å². The zero-order valence-corrected chi connectivity index (χ0v) is 14.2. The van der Waals surface area contributed by atoms with Gasteiger partial charge < -0.3 is 19.9 Å². The molecular formula is C18H25N3O3. The third-order valence-electron chi connectivity index (χ3n) is 4.60. The summed E-state index contributed by atoms with van der Waals surface area (Å²) >= 11 is 0. The molecule has 24 heavy (non-hydrogen) atoms. The average molecular weight is 331 g/mol. The van der Waals surface area contributed by atoms with Crippen LogP contribution in [0, 0.1) is 5.92 Å². The van der Waals surface area contributed by atoms with Gasteiger partial charge in [0.25, 0.3) is 5.91 Å². The van der Waals surface area contributed by atoms with E-state index in [2.05, 4.69) is 12.2 Å². The fourth-order valence-electron chi connectivity index (χ4n) is 3.26. The quantitative estimate of drug-likeness (QED) is 0.905. The number of hydrogen-bond acceptors (Lipinski definition) is 3. The number of likely N-dealkylation sites (tertiary alicyclic amines) is 1. The Balaban J connectivity index is 1.64. The Morgan fingerprint density at radius 3 is 2.71 bits per heavy atom. The molecule has 3 rings (SSSR count). The smallest absolute Gasteiger partial charge is 0.321 e. The van der Waals surface area contributed by atoms with E-state index in [9.17, 15) is 9.59 Å². The number of carbonyl (C=O) groups is 2. The summed E-state index contributed by atoms with van der Waals surface area (Å²) in [5.74, 6) is 0.528. The van der Waals surface area contributed by atoms with Gasteiger partial charge in [-0.3, -0.25) is 4.79 Å². The fourth-order valence-corrected chi connectivity index (χ4v) is 3.26. The number of nitrogens with one attached hydrogen (secondary N) is 1. The Labute approximate surface area is 142 Å². The van der Waals surface area contributed by atoms with Crippen molar-refractivity contribution in [2.75, 3.05) is 44.7 Å². The molecule has 2 aliphatic rings. The molecule has 1 aromatic carbocycles. The van der Waals surface area contributed by atoms with Crippen LogP contribution in [-0.2, 0) is 4.74 Å². The number of nitrogens with zero attached hydrogens (tertiary/aromatic N) is 2. The minimum absolute atomic E-state index is 0.0130. The van der Waals surface area contributed by atoms with Gasteiger partial charge in [-0.1, -0.05) is 13.0 Å². The van der Waals surface area contributed by atoms with Crippen molar-refractivity contribution in [3.05, 3.63) is 29.8 Å². The van der Waals surface area contributed by atoms with Gasteiger partial charge in [-0.2, -0.15) is 0 Å². The molecule has 1 N–H and O–H groups in total. The molecule has 0 aliphatic carbocycles. The molecule has 0 radical (unpaired) electrons. The van der Waals surface area contributed by atoms with Crippen molar-refractivity contribution in [3.8, 4) is 0 Å². The summed E-state index contributed by atoms with van der Waals surface area (Å²) in [5.41, 5.74) is 1.26. The van der Waals surface area contributed by atoms with Crippen LogP contribution in [0.1, 0.15) is 30.1 Å². The maximum atomic E-state index is 12.5. The van der Waals surface area contributed by atoms with Gasteiger partial charge in [0.05, 0.1) is 13.2 Å². The Hall–Kier alpha value is -2.08. The van der Waals surface area contributed by atoms with Crippen molar-refractivity contribution < 1.29 is 14.3 Å². The summed E-state index contributed by atoms with van der Waals surface area (Å²) in [6.07, 6.45) is 2.22. The highest BCUT2D eigenvalue weighted by Crippen LogP contribution is 2.18. The van der Waals surface area contributed by atoms with E-state index in [1.807, 2.05) is 17.0 Å². The van der Waals surface area contributed by atoms with Crippen molar-refractivity contribution in [1.29, 1.82) is 0 Å². The lowest BCUT2D eigenvalue weighted by atomic mass is 10.0. The lowest BCUT2D eigenvalue weighted by Crippen LogP contribution is -2.42. The predicted molar refractivity (Wildman–Crippen MR) is 92.2 cm³/mol. The van der Waals surface area contributed by atoms with Crippen molar-refractivity contribution in [3.63, 3.8) is 0 Å². The summed E-state index contributed by atoms with van der Waals surface area (Å²) in [5, 5.41) is 2.92. The summed E-state index contributed by atoms with van der Waals surface area (Å²) in [7, 11) is 0. The maximum absolute atomic E-state index is 12.5. The number of benzene rings is 1. The highest BCUT2D eigenvalue weighted by Gasteiger charge is 2.22. The highest BCUT2D eigenvalue weighted by atomic mass is 16.5. The minimum Gasteiger partial charge on any atom is -0.378 e. The van der Waals surface area contributed by atoms with Gasteiger partial charge in [0.15, 0.2) is 0 Å². The number of carbonyl (C=O) groups excluding carboxylic acids is 2. The molecule has 1 aromatic rings. The third kappa shape index (κ3) is 4.06. The SMILES string of the molecule is C[C@@H]1CCCN(C(=O)Nc2cccc(C(=O)N3CCOCC3)c2)C1. The molecule has 0 unspecified atom stereocenters. The van der Waals surface area contributed by atoms with Gasteiger partial charge in [-0.05, 0) is 37.0 Å². The van der Waals surface area contributed by atoms with Crippen molar-refractivity contribution in [2.24, 2.45) is 5.92 Å². The van der Waals surface area contributed by atoms with Crippen LogP contribution in [0.4, 0.5) is 10.5 Å². The van der Waals surface area contributed by atoms with Crippen LogP contribution in [0.5, 0.6) is 0 Å². The van der Waals surface area contributed by atoms with Gasteiger partial charge in [-0.15, -0.1) is 0 Å². The number of piperidine rings is 1. The highest BCUT2D eigenvalue weighted by molar-refractivity contribution is 5.97. The number of hydrogen-bond donors (Lipinski definition) is 1. The molecule has 0 saturated carbocycles. The molecule has 0 bridgehead atoms. The van der Waals surface area contributed by atoms with Gasteiger partial charge in [-0.25, -0.2) is 4.79 Å². The first-order chi connectivity index (χ1) is 11.6. The molecular weight excluding hydrogens is 306 g/mol. The second-order valence-electron chi connectivity index (χ2n) is 6.61. The van der Waals surface area contributed by atoms with Crippen LogP contribution < -0.4 is 5.32 Å². The number of amides is 3. The van der Waals surface area contributed by atoms with Crippen molar-refractivity contribution in [2.45, 2.75) is 19.8 Å². The monoisotopic (exact) mass is 331 g/mol. The Morgan fingerprint density at radius 1 is 1.17 bits per heavy atom. The number of morpholine rings is 1. The van der Waals surface area contributed by atoms with Gasteiger partial charge in [0, 0.05) is 37.4 Å². The average Bonchev–Trinajstić information content (AvgIpc) is 2.62. The molecule has 3 amide bonds. The first kappa shape index (κ1) is 16.8. The second-order valence-corrected chi connectivity index (χ2v) is 6.61. The number of rotatable bonds is 2. The van der Waals surface area contributed by atoms with E-state index in [1.165, 1.54) is 6.42 Å². The van der Waals surface area contributed by atoms with E-state index in [0.717, 1.165) is 19.5 Å². The molecule has 0 aromatic heterocycles. The largest absolute Gasteiger partial charge is 0.378 e. The lowest BCUT2D eigenvalue weighted by molar-refractivity contribution is 0.0303. The van der Waals surface area contributed by atoms with Gasteiger partial charge in [0.2, 0.25) is 0 Å². The van der Waals surface area contributed by atoms with E-state index >= 15 is 0 Å². The fraction of sp³-hybridized carbons (Fsp3) is 0.556. The minimum atomic E-state index is -0.0856. The zero-order valence-electron chi connectivity index (χ0n) is 14.2. The molecule has 2 saturated heterocycles. The number of ether oxygens (including phenoxy) is 1. The van der Waals surface area contributed by atoms with E-state index in [0.29, 0.717) is 43.5 Å². The Morgan fingerprint density at radius 2 is 1.96 bits per heavy atom. The second kappa shape index (κ2) is 7.66. The molecule has 1 atom stereocenters. The molecule has 2 fully saturated rings. The van der Waals surface area contributed by atoms with Crippen molar-refractivity contribution >= 4 is 17.6 Å². The van der Waals surface area contributed by atoms with Crippen LogP contribution in [0.25, 0.3) is 0 Å². The zero-order chi connectivity index (χ0) is 16.9. The molecule has 6 nitrogen and oxygen atoms in total. The maximum Gasteiger partial charge on any atom is 0.321 e. The van der Waals surface area contributed by atoms with E-state index < -0.39 is 0 Å². The Bertz CT molecular complexity index is 599. The summed E-state index contributed by atoms with van der Waals surface area (Å²) < 4.78 is 5.28. The molecule has 0 spiro atoms. The molecule has 2 aliphatic heterocycles. The lowest BCUT2D eigenvalue weighted by Gasteiger charge is -2.31. The standard InChI is InChI=1S/C18H25N3O3/c1-14-4-3-7-21(13-14)18(23)19-16-6-2-5-15(12-16)17(22)20-8-10-24-11-9-20/h2,5-6,12,14H,3-4,7-11,13H2,1H3,(H,19,23)/t14-/m1/s1. The Kier molecular flexibility index (Phi) is 5.35. The summed E-state index contributed by atoms with van der Waals surface area (Å²) in [6, 6.07) is 7.08. The van der Waals surface area contributed by atoms with Crippen LogP contribution in [0.15, 0.2) is 24.3 Å². The van der Waals surface area contributed by atoms with Gasteiger partial charge in [0.1, 0.15) is 0 Å². The van der Waals surface area contributed by atoms with E-state index in [-0.39, 0.29) is 11.9 Å². The van der Waals surface area contributed by atoms with E-state index in [1.54, 1.807) is 17.0 Å². The predicted octanol–water partition coefficient (Wildman–Crippen LogP) is 2.42.